The molecule has 0 aromatic heterocycles. The lowest BCUT2D eigenvalue weighted by Crippen LogP contribution is -2.34. The van der Waals surface area contributed by atoms with E-state index in [1.807, 2.05) is 0 Å². The molecule has 0 atom stereocenters. The number of fused-ring (bicyclic) bond motifs is 1. The SMILES string of the molecule is CN(C)/C=C(\C(=O)c1cc(Cl)ccc1OC(F)F)N1C(=O)c2ccccc2C1=O. The standard InChI is InChI=1S/C20H15ClF2N2O4/c1-24(2)10-15(25-18(27)12-5-3-4-6-13(12)19(25)28)17(26)14-9-11(21)7-8-16(14)29-20(22)23/h3-10,20H,1-2H3/b15-10+. The number of rotatable bonds is 6. The van der Waals surface area contributed by atoms with Gasteiger partial charge in [-0.1, -0.05) is 23.7 Å². The third kappa shape index (κ3) is 3.97. The van der Waals surface area contributed by atoms with Crippen molar-refractivity contribution in [1.29, 1.82) is 0 Å². The molecule has 1 heterocycles. The van der Waals surface area contributed by atoms with Crippen molar-refractivity contribution in [1.82, 2.24) is 9.80 Å². The fourth-order valence-electron chi connectivity index (χ4n) is 2.89. The second-order valence-corrected chi connectivity index (χ2v) is 6.75. The van der Waals surface area contributed by atoms with Crippen molar-refractivity contribution in [2.75, 3.05) is 14.1 Å². The van der Waals surface area contributed by atoms with Crippen molar-refractivity contribution in [3.63, 3.8) is 0 Å². The Balaban J connectivity index is 2.11. The molecule has 6 nitrogen and oxygen atoms in total. The molecule has 0 radical (unpaired) electrons. The van der Waals surface area contributed by atoms with Crippen molar-refractivity contribution < 1.29 is 27.9 Å². The average Bonchev–Trinajstić information content (AvgIpc) is 2.91. The van der Waals surface area contributed by atoms with Crippen LogP contribution in [-0.2, 0) is 0 Å². The monoisotopic (exact) mass is 420 g/mol. The summed E-state index contributed by atoms with van der Waals surface area (Å²) in [6, 6.07) is 9.68. The van der Waals surface area contributed by atoms with E-state index in [1.54, 1.807) is 26.2 Å². The Morgan fingerprint density at radius 3 is 2.21 bits per heavy atom. The van der Waals surface area contributed by atoms with Gasteiger partial charge in [-0.2, -0.15) is 8.78 Å². The number of carbonyl (C=O) groups excluding carboxylic acids is 3. The van der Waals surface area contributed by atoms with Crippen molar-refractivity contribution in [3.8, 4) is 5.75 Å². The maximum absolute atomic E-state index is 13.2. The Bertz CT molecular complexity index is 1000. The van der Waals surface area contributed by atoms with Crippen LogP contribution in [0.5, 0.6) is 5.75 Å². The number of halogens is 3. The molecule has 29 heavy (non-hydrogen) atoms. The topological polar surface area (TPSA) is 66.9 Å². The molecule has 0 saturated heterocycles. The molecule has 0 fully saturated rings. The van der Waals surface area contributed by atoms with Gasteiger partial charge in [0.1, 0.15) is 11.4 Å². The number of alkyl halides is 2. The number of benzene rings is 2. The van der Waals surface area contributed by atoms with E-state index in [4.69, 9.17) is 11.6 Å². The molecule has 0 spiro atoms. The van der Waals surface area contributed by atoms with Crippen LogP contribution in [0.4, 0.5) is 8.78 Å². The maximum Gasteiger partial charge on any atom is 0.387 e. The van der Waals surface area contributed by atoms with Gasteiger partial charge in [0.2, 0.25) is 5.78 Å². The lowest BCUT2D eigenvalue weighted by molar-refractivity contribution is -0.0501. The Hall–Kier alpha value is -3.26. The summed E-state index contributed by atoms with van der Waals surface area (Å²) in [7, 11) is 3.17. The van der Waals surface area contributed by atoms with Crippen molar-refractivity contribution in [2.24, 2.45) is 0 Å². The van der Waals surface area contributed by atoms with Crippen LogP contribution in [0, 0.1) is 0 Å². The smallest absolute Gasteiger partial charge is 0.387 e. The first kappa shape index (κ1) is 20.5. The van der Waals surface area contributed by atoms with Gasteiger partial charge in [-0.05, 0) is 30.3 Å². The van der Waals surface area contributed by atoms with Crippen molar-refractivity contribution >= 4 is 29.2 Å². The number of Topliss-reactive ketones (excluding diaryl/α,β-unsaturated/α-hetero) is 1. The van der Waals surface area contributed by atoms with Gasteiger partial charge in [0.25, 0.3) is 11.8 Å². The summed E-state index contributed by atoms with van der Waals surface area (Å²) in [6.45, 7) is -3.18. The van der Waals surface area contributed by atoms with Gasteiger partial charge in [-0.25, -0.2) is 4.90 Å². The summed E-state index contributed by atoms with van der Waals surface area (Å²) in [4.78, 5) is 41.0. The normalized spacial score (nSPS) is 13.7. The number of ketones is 1. The van der Waals surface area contributed by atoms with Gasteiger partial charge >= 0.3 is 6.61 Å². The third-order valence-corrected chi connectivity index (χ3v) is 4.29. The molecule has 3 rings (SSSR count). The van der Waals surface area contributed by atoms with E-state index < -0.39 is 30.0 Å². The lowest BCUT2D eigenvalue weighted by Gasteiger charge is -2.20. The van der Waals surface area contributed by atoms with Gasteiger partial charge < -0.3 is 9.64 Å². The molecule has 1 aliphatic rings. The van der Waals surface area contributed by atoms with Crippen LogP contribution >= 0.6 is 11.6 Å². The van der Waals surface area contributed by atoms with Crippen LogP contribution in [0.15, 0.2) is 54.4 Å². The first-order valence-corrected chi connectivity index (χ1v) is 8.73. The predicted octanol–water partition coefficient (Wildman–Crippen LogP) is 3.82. The van der Waals surface area contributed by atoms with E-state index in [2.05, 4.69) is 4.74 Å². The molecule has 2 aromatic rings. The number of allylic oxidation sites excluding steroid dienone is 1. The highest BCUT2D eigenvalue weighted by Crippen LogP contribution is 2.31. The molecule has 1 aliphatic heterocycles. The van der Waals surface area contributed by atoms with E-state index in [0.717, 1.165) is 17.0 Å². The zero-order chi connectivity index (χ0) is 21.3. The number of hydrogen-bond donors (Lipinski definition) is 0. The van der Waals surface area contributed by atoms with E-state index >= 15 is 0 Å². The van der Waals surface area contributed by atoms with Crippen molar-refractivity contribution in [2.45, 2.75) is 6.61 Å². The van der Waals surface area contributed by atoms with Crippen LogP contribution in [0.1, 0.15) is 31.1 Å². The largest absolute Gasteiger partial charge is 0.434 e. The minimum Gasteiger partial charge on any atom is -0.434 e. The summed E-state index contributed by atoms with van der Waals surface area (Å²) in [5, 5.41) is 0.0986. The molecule has 0 N–H and O–H groups in total. The van der Waals surface area contributed by atoms with E-state index in [-0.39, 0.29) is 27.4 Å². The van der Waals surface area contributed by atoms with Gasteiger partial charge in [0, 0.05) is 25.3 Å². The van der Waals surface area contributed by atoms with Gasteiger partial charge in [-0.3, -0.25) is 14.4 Å². The van der Waals surface area contributed by atoms with Gasteiger partial charge in [0.05, 0.1) is 16.7 Å². The highest BCUT2D eigenvalue weighted by Gasteiger charge is 2.40. The minimum absolute atomic E-state index is 0.0986. The molecule has 0 unspecified atom stereocenters. The molecule has 0 saturated carbocycles. The molecule has 2 amide bonds. The Kier molecular flexibility index (Phi) is 5.65. The number of ether oxygens (including phenoxy) is 1. The van der Waals surface area contributed by atoms with Gasteiger partial charge in [0.15, 0.2) is 0 Å². The molecule has 0 aliphatic carbocycles. The maximum atomic E-state index is 13.2. The molecular formula is C20H15ClF2N2O4. The molecule has 2 aromatic carbocycles. The zero-order valence-electron chi connectivity index (χ0n) is 15.4. The van der Waals surface area contributed by atoms with Crippen LogP contribution in [0.3, 0.4) is 0 Å². The highest BCUT2D eigenvalue weighted by molar-refractivity contribution is 6.31. The van der Waals surface area contributed by atoms with Crippen LogP contribution in [-0.4, -0.2) is 48.1 Å². The summed E-state index contributed by atoms with van der Waals surface area (Å²) < 4.78 is 30.0. The summed E-state index contributed by atoms with van der Waals surface area (Å²) in [5.74, 6) is -2.67. The number of amides is 2. The fraction of sp³-hybridized carbons (Fsp3) is 0.150. The zero-order valence-corrected chi connectivity index (χ0v) is 16.1. The number of hydrogen-bond acceptors (Lipinski definition) is 5. The van der Waals surface area contributed by atoms with Crippen LogP contribution in [0.25, 0.3) is 0 Å². The minimum atomic E-state index is -3.18. The first-order valence-electron chi connectivity index (χ1n) is 8.36. The summed E-state index contributed by atoms with van der Waals surface area (Å²) in [5.41, 5.74) is -0.333. The summed E-state index contributed by atoms with van der Waals surface area (Å²) >= 11 is 5.93. The van der Waals surface area contributed by atoms with Crippen LogP contribution < -0.4 is 4.74 Å². The lowest BCUT2D eigenvalue weighted by atomic mass is 10.1. The first-order chi connectivity index (χ1) is 13.7. The van der Waals surface area contributed by atoms with Crippen molar-refractivity contribution in [3.05, 3.63) is 76.1 Å². The van der Waals surface area contributed by atoms with Gasteiger partial charge in [-0.15, -0.1) is 0 Å². The van der Waals surface area contributed by atoms with E-state index in [9.17, 15) is 23.2 Å². The molecule has 0 bridgehead atoms. The number of imide groups is 1. The van der Waals surface area contributed by atoms with E-state index in [0.29, 0.717) is 0 Å². The Labute approximate surface area is 169 Å². The molecular weight excluding hydrogens is 406 g/mol. The molecule has 9 heteroatoms. The van der Waals surface area contributed by atoms with E-state index in [1.165, 1.54) is 29.3 Å². The second-order valence-electron chi connectivity index (χ2n) is 6.32. The van der Waals surface area contributed by atoms with Crippen LogP contribution in [0.2, 0.25) is 5.02 Å². The Morgan fingerprint density at radius 2 is 1.69 bits per heavy atom. The Morgan fingerprint density at radius 1 is 1.10 bits per heavy atom. The number of nitrogens with zero attached hydrogens (tertiary/aromatic N) is 2. The summed E-state index contributed by atoms with van der Waals surface area (Å²) in [6.07, 6.45) is 1.26. The fourth-order valence-corrected chi connectivity index (χ4v) is 3.06. The second kappa shape index (κ2) is 8.00. The highest BCUT2D eigenvalue weighted by atomic mass is 35.5. The predicted molar refractivity (Wildman–Crippen MR) is 101 cm³/mol. The average molecular weight is 421 g/mol. The quantitative estimate of drug-likeness (QED) is 0.404. The molecule has 150 valence electrons. The number of carbonyl (C=O) groups is 3. The third-order valence-electron chi connectivity index (χ3n) is 4.05.